The predicted molar refractivity (Wildman–Crippen MR) is 63.8 cm³/mol. The number of anilines is 1. The second kappa shape index (κ2) is 5.97. The molecule has 0 aliphatic rings. The van der Waals surface area contributed by atoms with Crippen LogP contribution in [0.25, 0.3) is 0 Å². The van der Waals surface area contributed by atoms with E-state index in [-0.39, 0.29) is 5.02 Å². The highest BCUT2D eigenvalue weighted by Crippen LogP contribution is 2.26. The van der Waals surface area contributed by atoms with Crippen molar-refractivity contribution in [1.82, 2.24) is 5.32 Å². The van der Waals surface area contributed by atoms with Gasteiger partial charge < -0.3 is 5.32 Å². The number of carbonyl (C=O) groups is 2. The maximum absolute atomic E-state index is 13.3. The van der Waals surface area contributed by atoms with Gasteiger partial charge in [0.1, 0.15) is 11.2 Å². The van der Waals surface area contributed by atoms with Gasteiger partial charge in [-0.1, -0.05) is 11.6 Å². The van der Waals surface area contributed by atoms with Gasteiger partial charge in [-0.05, 0) is 13.0 Å². The molecule has 0 saturated heterocycles. The fourth-order valence-electron chi connectivity index (χ4n) is 1.02. The lowest BCUT2D eigenvalue weighted by molar-refractivity contribution is -0.119. The van der Waals surface area contributed by atoms with Crippen LogP contribution in [0.3, 0.4) is 0 Å². The molecular weight excluding hydrogens is 289 g/mol. The van der Waals surface area contributed by atoms with Crippen molar-refractivity contribution in [3.63, 3.8) is 0 Å². The minimum absolute atomic E-state index is 0.325. The van der Waals surface area contributed by atoms with Gasteiger partial charge in [0.2, 0.25) is 5.91 Å². The van der Waals surface area contributed by atoms with E-state index in [0.29, 0.717) is 6.07 Å². The molecule has 8 heteroatoms. The highest BCUT2D eigenvalue weighted by Gasteiger charge is 2.16. The van der Waals surface area contributed by atoms with Gasteiger partial charge in [0, 0.05) is 6.07 Å². The smallest absolute Gasteiger partial charge is 0.304 e. The van der Waals surface area contributed by atoms with Crippen molar-refractivity contribution >= 4 is 40.8 Å². The number of benzene rings is 1. The molecule has 2 N–H and O–H groups in total. The molecule has 0 aliphatic heterocycles. The van der Waals surface area contributed by atoms with Gasteiger partial charge in [-0.25, -0.2) is 13.6 Å². The van der Waals surface area contributed by atoms with Crippen LogP contribution >= 0.6 is 23.2 Å². The number of carbonyl (C=O) groups excluding carboxylic acids is 2. The van der Waals surface area contributed by atoms with E-state index in [4.69, 9.17) is 23.2 Å². The molecule has 0 radical (unpaired) electrons. The first-order valence-electron chi connectivity index (χ1n) is 4.71. The molecule has 1 unspecified atom stereocenters. The van der Waals surface area contributed by atoms with E-state index in [1.807, 2.05) is 10.6 Å². The molecule has 3 amide bonds. The van der Waals surface area contributed by atoms with Crippen molar-refractivity contribution in [1.29, 1.82) is 0 Å². The zero-order chi connectivity index (χ0) is 13.9. The van der Waals surface area contributed by atoms with Gasteiger partial charge in [0.15, 0.2) is 5.82 Å². The van der Waals surface area contributed by atoms with E-state index in [1.165, 1.54) is 6.92 Å². The molecule has 0 aromatic heterocycles. The largest absolute Gasteiger partial charge is 0.326 e. The lowest BCUT2D eigenvalue weighted by atomic mass is 10.3. The summed E-state index contributed by atoms with van der Waals surface area (Å²) in [7, 11) is 0. The summed E-state index contributed by atoms with van der Waals surface area (Å²) in [5.41, 5.74) is -0.425. The molecule has 1 atom stereocenters. The van der Waals surface area contributed by atoms with Crippen molar-refractivity contribution in [2.24, 2.45) is 0 Å². The van der Waals surface area contributed by atoms with Crippen LogP contribution in [0.4, 0.5) is 19.3 Å². The highest BCUT2D eigenvalue weighted by molar-refractivity contribution is 6.34. The van der Waals surface area contributed by atoms with E-state index in [0.717, 1.165) is 6.07 Å². The summed E-state index contributed by atoms with van der Waals surface area (Å²) in [4.78, 5) is 22.4. The summed E-state index contributed by atoms with van der Waals surface area (Å²) in [6, 6.07) is 0.361. The lowest BCUT2D eigenvalue weighted by Crippen LogP contribution is -2.38. The minimum atomic E-state index is -1.05. The fourth-order valence-corrected chi connectivity index (χ4v) is 1.31. The third-order valence-electron chi connectivity index (χ3n) is 1.84. The van der Waals surface area contributed by atoms with Crippen molar-refractivity contribution in [2.75, 3.05) is 5.32 Å². The molecule has 0 saturated carbocycles. The standard InChI is InChI=1S/C10H8Cl2F2N2O2/c1-4(11)9(17)16-10(18)15-8-6(12)2-5(13)3-7(8)14/h2-4H,1H3,(H2,15,16,17,18). The molecule has 1 aromatic carbocycles. The molecule has 0 spiro atoms. The zero-order valence-corrected chi connectivity index (χ0v) is 10.6. The molecule has 4 nitrogen and oxygen atoms in total. The Balaban J connectivity index is 2.80. The Kier molecular flexibility index (Phi) is 4.86. The van der Waals surface area contributed by atoms with Crippen molar-refractivity contribution in [3.8, 4) is 0 Å². The Morgan fingerprint density at radius 1 is 1.33 bits per heavy atom. The third-order valence-corrected chi connectivity index (χ3v) is 2.34. The quantitative estimate of drug-likeness (QED) is 0.825. The van der Waals surface area contributed by atoms with Crippen LogP contribution in [-0.4, -0.2) is 17.3 Å². The Hall–Kier alpha value is -1.40. The molecule has 1 rings (SSSR count). The number of rotatable bonds is 2. The van der Waals surface area contributed by atoms with E-state index < -0.39 is 34.6 Å². The molecule has 0 aliphatic carbocycles. The number of hydrogen-bond acceptors (Lipinski definition) is 2. The fraction of sp³-hybridized carbons (Fsp3) is 0.200. The normalized spacial score (nSPS) is 11.8. The molecule has 98 valence electrons. The maximum Gasteiger partial charge on any atom is 0.326 e. The number of hydrogen-bond donors (Lipinski definition) is 2. The summed E-state index contributed by atoms with van der Waals surface area (Å²) in [5.74, 6) is -2.69. The van der Waals surface area contributed by atoms with Crippen LogP contribution in [0.1, 0.15) is 6.92 Å². The van der Waals surface area contributed by atoms with Crippen molar-refractivity contribution in [3.05, 3.63) is 28.8 Å². The summed E-state index contributed by atoms with van der Waals surface area (Å²) >= 11 is 11.0. The van der Waals surface area contributed by atoms with Crippen LogP contribution in [0.5, 0.6) is 0 Å². The average Bonchev–Trinajstić information content (AvgIpc) is 2.23. The van der Waals surface area contributed by atoms with Crippen LogP contribution in [-0.2, 0) is 4.79 Å². The van der Waals surface area contributed by atoms with Crippen molar-refractivity contribution < 1.29 is 18.4 Å². The van der Waals surface area contributed by atoms with E-state index in [9.17, 15) is 18.4 Å². The lowest BCUT2D eigenvalue weighted by Gasteiger charge is -2.09. The number of alkyl halides is 1. The summed E-state index contributed by atoms with van der Waals surface area (Å²) < 4.78 is 26.0. The zero-order valence-electron chi connectivity index (χ0n) is 9.06. The molecule has 0 fully saturated rings. The molecule has 0 heterocycles. The number of amides is 3. The van der Waals surface area contributed by atoms with Crippen molar-refractivity contribution in [2.45, 2.75) is 12.3 Å². The summed E-state index contributed by atoms with van der Waals surface area (Å²) in [6.07, 6.45) is 0. The first-order valence-corrected chi connectivity index (χ1v) is 5.53. The van der Waals surface area contributed by atoms with Gasteiger partial charge in [-0.15, -0.1) is 11.6 Å². The molecule has 1 aromatic rings. The van der Waals surface area contributed by atoms with Crippen LogP contribution in [0.2, 0.25) is 5.02 Å². The number of imide groups is 1. The maximum atomic E-state index is 13.3. The Morgan fingerprint density at radius 3 is 2.44 bits per heavy atom. The molecule has 0 bridgehead atoms. The number of urea groups is 1. The second-order valence-corrected chi connectivity index (χ2v) is 4.37. The first-order chi connectivity index (χ1) is 8.31. The van der Waals surface area contributed by atoms with E-state index in [2.05, 4.69) is 0 Å². The summed E-state index contributed by atoms with van der Waals surface area (Å²) in [5, 5.41) is 2.59. The molecule has 18 heavy (non-hydrogen) atoms. The average molecular weight is 297 g/mol. The van der Waals surface area contributed by atoms with Crippen LogP contribution in [0, 0.1) is 11.6 Å². The first kappa shape index (κ1) is 14.7. The Morgan fingerprint density at radius 2 is 1.94 bits per heavy atom. The van der Waals surface area contributed by atoms with Gasteiger partial charge >= 0.3 is 6.03 Å². The van der Waals surface area contributed by atoms with Gasteiger partial charge in [0.05, 0.1) is 10.7 Å². The second-order valence-electron chi connectivity index (χ2n) is 3.30. The topological polar surface area (TPSA) is 58.2 Å². The Bertz CT molecular complexity index is 472. The molecular formula is C10H8Cl2F2N2O2. The SMILES string of the molecule is CC(Cl)C(=O)NC(=O)Nc1c(F)cc(F)cc1Cl. The van der Waals surface area contributed by atoms with E-state index >= 15 is 0 Å². The van der Waals surface area contributed by atoms with Gasteiger partial charge in [0.25, 0.3) is 0 Å². The van der Waals surface area contributed by atoms with Crippen LogP contribution < -0.4 is 10.6 Å². The minimum Gasteiger partial charge on any atom is -0.304 e. The van der Waals surface area contributed by atoms with Crippen LogP contribution in [0.15, 0.2) is 12.1 Å². The third kappa shape index (κ3) is 3.82. The van der Waals surface area contributed by atoms with E-state index in [1.54, 1.807) is 0 Å². The summed E-state index contributed by atoms with van der Waals surface area (Å²) in [6.45, 7) is 1.36. The number of halogens is 4. The Labute approximate surface area is 111 Å². The van der Waals surface area contributed by atoms with Gasteiger partial charge in [-0.3, -0.25) is 10.1 Å². The number of nitrogens with one attached hydrogen (secondary N) is 2. The highest BCUT2D eigenvalue weighted by atomic mass is 35.5. The predicted octanol–water partition coefficient (Wildman–Crippen LogP) is 2.89. The monoisotopic (exact) mass is 296 g/mol. The van der Waals surface area contributed by atoms with Gasteiger partial charge in [-0.2, -0.15) is 0 Å².